The van der Waals surface area contributed by atoms with Crippen LogP contribution in [0.4, 0.5) is 5.69 Å². The molecule has 2 aromatic carbocycles. The van der Waals surface area contributed by atoms with Crippen molar-refractivity contribution in [3.05, 3.63) is 59.2 Å². The summed E-state index contributed by atoms with van der Waals surface area (Å²) in [6, 6.07) is 13.4. The molecule has 0 bridgehead atoms. The first-order valence-corrected chi connectivity index (χ1v) is 9.06. The number of anilines is 1. The normalized spacial score (nSPS) is 11.0. The fraction of sp³-hybridized carbons (Fsp3) is 0.409. The maximum atomic E-state index is 12.6. The quantitative estimate of drug-likeness (QED) is 0.704. The molecule has 0 aliphatic rings. The predicted molar refractivity (Wildman–Crippen MR) is 106 cm³/mol. The van der Waals surface area contributed by atoms with Crippen LogP contribution in [0.2, 0.25) is 0 Å². The molecule has 140 valence electrons. The minimum atomic E-state index is -0.143. The van der Waals surface area contributed by atoms with E-state index in [9.17, 15) is 4.79 Å². The Kier molecular flexibility index (Phi) is 7.22. The fourth-order valence-electron chi connectivity index (χ4n) is 2.59. The summed E-state index contributed by atoms with van der Waals surface area (Å²) in [5.41, 5.74) is 3.49. The number of hydrogen-bond acceptors (Lipinski definition) is 3. The van der Waals surface area contributed by atoms with E-state index in [-0.39, 0.29) is 5.91 Å². The third-order valence-electron chi connectivity index (χ3n) is 4.09. The molecule has 4 nitrogen and oxygen atoms in total. The van der Waals surface area contributed by atoms with Crippen molar-refractivity contribution < 1.29 is 14.3 Å². The van der Waals surface area contributed by atoms with E-state index in [1.54, 1.807) is 13.2 Å². The summed E-state index contributed by atoms with van der Waals surface area (Å²) in [4.78, 5) is 12.6. The van der Waals surface area contributed by atoms with Crippen molar-refractivity contribution in [3.63, 3.8) is 0 Å². The lowest BCUT2D eigenvalue weighted by Gasteiger charge is -2.13. The molecule has 0 saturated heterocycles. The third kappa shape index (κ3) is 5.60. The molecule has 0 unspecified atom stereocenters. The molecule has 2 aromatic rings. The van der Waals surface area contributed by atoms with E-state index in [0.29, 0.717) is 30.6 Å². The zero-order chi connectivity index (χ0) is 19.1. The second-order valence-electron chi connectivity index (χ2n) is 7.17. The van der Waals surface area contributed by atoms with Crippen molar-refractivity contribution in [2.75, 3.05) is 19.0 Å². The van der Waals surface area contributed by atoms with Gasteiger partial charge in [-0.15, -0.1) is 0 Å². The Balaban J connectivity index is 2.10. The van der Waals surface area contributed by atoms with Crippen molar-refractivity contribution in [3.8, 4) is 5.75 Å². The van der Waals surface area contributed by atoms with Gasteiger partial charge >= 0.3 is 0 Å². The number of ether oxygens (including phenoxy) is 2. The average Bonchev–Trinajstić information content (AvgIpc) is 2.61. The molecule has 1 N–H and O–H groups in total. The number of carbonyl (C=O) groups excluding carboxylic acids is 1. The van der Waals surface area contributed by atoms with Crippen molar-refractivity contribution in [2.24, 2.45) is 5.92 Å². The van der Waals surface area contributed by atoms with Gasteiger partial charge < -0.3 is 14.8 Å². The summed E-state index contributed by atoms with van der Waals surface area (Å²) in [6.07, 6.45) is 0. The standard InChI is InChI=1S/C22H29NO3/c1-15(2)13-26-14-19-12-18(8-11-21(19)25-5)22(24)23-20-9-6-17(7-10-20)16(3)4/h6-12,15-16H,13-14H2,1-5H3,(H,23,24). The molecule has 26 heavy (non-hydrogen) atoms. The van der Waals surface area contributed by atoms with Crippen LogP contribution >= 0.6 is 0 Å². The van der Waals surface area contributed by atoms with Gasteiger partial charge in [-0.3, -0.25) is 4.79 Å². The van der Waals surface area contributed by atoms with E-state index >= 15 is 0 Å². The highest BCUT2D eigenvalue weighted by molar-refractivity contribution is 6.04. The molecule has 0 aliphatic carbocycles. The molecule has 0 heterocycles. The van der Waals surface area contributed by atoms with Gasteiger partial charge in [0.05, 0.1) is 13.7 Å². The van der Waals surface area contributed by atoms with Crippen LogP contribution < -0.4 is 10.1 Å². The van der Waals surface area contributed by atoms with Crippen LogP contribution in [0.1, 0.15) is 55.1 Å². The first-order valence-electron chi connectivity index (χ1n) is 9.06. The Morgan fingerprint density at radius 3 is 2.31 bits per heavy atom. The fourth-order valence-corrected chi connectivity index (χ4v) is 2.59. The highest BCUT2D eigenvalue weighted by atomic mass is 16.5. The van der Waals surface area contributed by atoms with Gasteiger partial charge in [-0.2, -0.15) is 0 Å². The van der Waals surface area contributed by atoms with Crippen molar-refractivity contribution in [1.29, 1.82) is 0 Å². The average molecular weight is 355 g/mol. The molecule has 0 radical (unpaired) electrons. The van der Waals surface area contributed by atoms with Crippen LogP contribution in [0.25, 0.3) is 0 Å². The number of carbonyl (C=O) groups is 1. The molecule has 0 aromatic heterocycles. The number of nitrogens with one attached hydrogen (secondary N) is 1. The van der Waals surface area contributed by atoms with Gasteiger partial charge in [0.2, 0.25) is 0 Å². The second-order valence-corrected chi connectivity index (χ2v) is 7.17. The van der Waals surface area contributed by atoms with Crippen LogP contribution in [-0.2, 0) is 11.3 Å². The number of amides is 1. The molecule has 0 spiro atoms. The van der Waals surface area contributed by atoms with Gasteiger partial charge in [0.1, 0.15) is 5.75 Å². The van der Waals surface area contributed by atoms with E-state index in [2.05, 4.69) is 33.0 Å². The van der Waals surface area contributed by atoms with Gasteiger partial charge in [-0.05, 0) is 47.7 Å². The summed E-state index contributed by atoms with van der Waals surface area (Å²) < 4.78 is 11.1. The molecule has 2 rings (SSSR count). The number of benzene rings is 2. The largest absolute Gasteiger partial charge is 0.496 e. The van der Waals surface area contributed by atoms with E-state index in [0.717, 1.165) is 17.0 Å². The SMILES string of the molecule is COc1ccc(C(=O)Nc2ccc(C(C)C)cc2)cc1COCC(C)C. The van der Waals surface area contributed by atoms with E-state index in [1.165, 1.54) is 5.56 Å². The van der Waals surface area contributed by atoms with Crippen molar-refractivity contribution in [1.82, 2.24) is 0 Å². The van der Waals surface area contributed by atoms with Gasteiger partial charge in [-0.1, -0.05) is 39.8 Å². The highest BCUT2D eigenvalue weighted by Crippen LogP contribution is 2.22. The van der Waals surface area contributed by atoms with Gasteiger partial charge in [0.15, 0.2) is 0 Å². The smallest absolute Gasteiger partial charge is 0.255 e. The molecule has 4 heteroatoms. The maximum absolute atomic E-state index is 12.6. The zero-order valence-electron chi connectivity index (χ0n) is 16.3. The molecule has 0 saturated carbocycles. The lowest BCUT2D eigenvalue weighted by atomic mass is 10.0. The summed E-state index contributed by atoms with van der Waals surface area (Å²) in [5.74, 6) is 1.51. The Hall–Kier alpha value is -2.33. The monoisotopic (exact) mass is 355 g/mol. The topological polar surface area (TPSA) is 47.6 Å². The minimum absolute atomic E-state index is 0.143. The van der Waals surface area contributed by atoms with Gasteiger partial charge in [-0.25, -0.2) is 0 Å². The number of hydrogen-bond donors (Lipinski definition) is 1. The van der Waals surface area contributed by atoms with Crippen LogP contribution in [0, 0.1) is 5.92 Å². The zero-order valence-corrected chi connectivity index (χ0v) is 16.3. The highest BCUT2D eigenvalue weighted by Gasteiger charge is 2.11. The van der Waals surface area contributed by atoms with Crippen LogP contribution in [0.5, 0.6) is 5.75 Å². The van der Waals surface area contributed by atoms with E-state index in [1.807, 2.05) is 36.4 Å². The molecule has 1 amide bonds. The van der Waals surface area contributed by atoms with Gasteiger partial charge in [0.25, 0.3) is 5.91 Å². The summed E-state index contributed by atoms with van der Waals surface area (Å²) in [5, 5.41) is 2.94. The first-order chi connectivity index (χ1) is 12.4. The Morgan fingerprint density at radius 1 is 1.04 bits per heavy atom. The summed E-state index contributed by atoms with van der Waals surface area (Å²) in [7, 11) is 1.62. The van der Waals surface area contributed by atoms with Crippen LogP contribution in [-0.4, -0.2) is 19.6 Å². The van der Waals surface area contributed by atoms with Crippen molar-refractivity contribution in [2.45, 2.75) is 40.2 Å². The second kappa shape index (κ2) is 9.39. The molecule has 0 atom stereocenters. The molecular formula is C22H29NO3. The summed E-state index contributed by atoms with van der Waals surface area (Å²) in [6.45, 7) is 9.59. The lowest BCUT2D eigenvalue weighted by Crippen LogP contribution is -2.13. The molecular weight excluding hydrogens is 326 g/mol. The molecule has 0 aliphatic heterocycles. The van der Waals surface area contributed by atoms with Crippen LogP contribution in [0.3, 0.4) is 0 Å². The third-order valence-corrected chi connectivity index (χ3v) is 4.09. The number of methoxy groups -OCH3 is 1. The lowest BCUT2D eigenvalue weighted by molar-refractivity contribution is 0.0952. The Morgan fingerprint density at radius 2 is 1.73 bits per heavy atom. The first kappa shape index (κ1) is 20.0. The van der Waals surface area contributed by atoms with Crippen molar-refractivity contribution >= 4 is 11.6 Å². The van der Waals surface area contributed by atoms with E-state index < -0.39 is 0 Å². The van der Waals surface area contributed by atoms with Gasteiger partial charge in [0, 0.05) is 23.4 Å². The van der Waals surface area contributed by atoms with E-state index in [4.69, 9.17) is 9.47 Å². The maximum Gasteiger partial charge on any atom is 0.255 e. The Bertz CT molecular complexity index is 721. The predicted octanol–water partition coefficient (Wildman–Crippen LogP) is 5.24. The Labute approximate surface area is 156 Å². The molecule has 0 fully saturated rings. The summed E-state index contributed by atoms with van der Waals surface area (Å²) >= 11 is 0. The number of rotatable bonds is 8. The minimum Gasteiger partial charge on any atom is -0.496 e. The van der Waals surface area contributed by atoms with Crippen LogP contribution in [0.15, 0.2) is 42.5 Å².